The summed E-state index contributed by atoms with van der Waals surface area (Å²) in [5.74, 6) is -1.90. The van der Waals surface area contributed by atoms with Crippen LogP contribution in [0.15, 0.2) is 54.6 Å². The topological polar surface area (TPSA) is 105 Å². The highest BCUT2D eigenvalue weighted by atomic mass is 16.5. The minimum Gasteiger partial charge on any atom is -0.480 e. The fraction of sp³-hybridized carbons (Fsp3) is 0.250. The highest BCUT2D eigenvalue weighted by molar-refractivity contribution is 5.97. The average molecular weight is 370 g/mol. The standard InChI is InChI=1S/C20H22N2O5/c1-14(20(25)26)21-19(24)16-7-9-17(10-8-16)22-18(23)13-27-12-11-15-5-3-2-4-6-15/h2-10,14H,11-13H2,1H3,(H,21,24)(H,22,23)(H,25,26). The van der Waals surface area contributed by atoms with Gasteiger partial charge in [-0.25, -0.2) is 0 Å². The number of benzene rings is 2. The summed E-state index contributed by atoms with van der Waals surface area (Å²) in [5, 5.41) is 13.8. The fourth-order valence-electron chi connectivity index (χ4n) is 2.24. The maximum atomic E-state index is 11.9. The lowest BCUT2D eigenvalue weighted by Crippen LogP contribution is -2.38. The molecule has 0 aliphatic heterocycles. The number of hydrogen-bond donors (Lipinski definition) is 3. The van der Waals surface area contributed by atoms with E-state index in [1.807, 2.05) is 30.3 Å². The van der Waals surface area contributed by atoms with Gasteiger partial charge >= 0.3 is 5.97 Å². The molecule has 2 aromatic carbocycles. The molecule has 0 saturated carbocycles. The van der Waals surface area contributed by atoms with Gasteiger partial charge in [-0.05, 0) is 43.2 Å². The third-order valence-electron chi connectivity index (χ3n) is 3.76. The number of anilines is 1. The zero-order valence-electron chi connectivity index (χ0n) is 15.0. The predicted molar refractivity (Wildman–Crippen MR) is 101 cm³/mol. The van der Waals surface area contributed by atoms with Crippen molar-refractivity contribution in [1.82, 2.24) is 5.32 Å². The van der Waals surface area contributed by atoms with Crippen molar-refractivity contribution in [3.8, 4) is 0 Å². The number of carboxylic acids is 1. The van der Waals surface area contributed by atoms with Crippen LogP contribution in [0.5, 0.6) is 0 Å². The van der Waals surface area contributed by atoms with Crippen molar-refractivity contribution in [2.45, 2.75) is 19.4 Å². The van der Waals surface area contributed by atoms with Crippen LogP contribution in [0.4, 0.5) is 5.69 Å². The third-order valence-corrected chi connectivity index (χ3v) is 3.76. The Morgan fingerprint density at radius 1 is 1.04 bits per heavy atom. The molecular weight excluding hydrogens is 348 g/mol. The van der Waals surface area contributed by atoms with Gasteiger partial charge in [-0.2, -0.15) is 0 Å². The van der Waals surface area contributed by atoms with Gasteiger partial charge in [0.1, 0.15) is 12.6 Å². The maximum Gasteiger partial charge on any atom is 0.325 e. The Hall–Kier alpha value is -3.19. The molecule has 7 nitrogen and oxygen atoms in total. The van der Waals surface area contributed by atoms with Crippen molar-refractivity contribution < 1.29 is 24.2 Å². The number of hydrogen-bond acceptors (Lipinski definition) is 4. The van der Waals surface area contributed by atoms with E-state index in [1.165, 1.54) is 19.1 Å². The van der Waals surface area contributed by atoms with E-state index in [2.05, 4.69) is 10.6 Å². The Balaban J connectivity index is 1.74. The molecule has 1 atom stereocenters. The summed E-state index contributed by atoms with van der Waals surface area (Å²) in [4.78, 5) is 34.5. The van der Waals surface area contributed by atoms with Crippen LogP contribution in [-0.2, 0) is 20.7 Å². The van der Waals surface area contributed by atoms with Crippen LogP contribution in [0.3, 0.4) is 0 Å². The van der Waals surface area contributed by atoms with Gasteiger partial charge in [0.05, 0.1) is 6.61 Å². The minimum absolute atomic E-state index is 0.0643. The molecule has 2 rings (SSSR count). The van der Waals surface area contributed by atoms with Gasteiger partial charge in [-0.1, -0.05) is 30.3 Å². The molecule has 0 aromatic heterocycles. The molecule has 0 heterocycles. The number of aliphatic carboxylic acids is 1. The molecule has 7 heteroatoms. The van der Waals surface area contributed by atoms with Crippen molar-refractivity contribution in [3.05, 3.63) is 65.7 Å². The average Bonchev–Trinajstić information content (AvgIpc) is 2.66. The summed E-state index contributed by atoms with van der Waals surface area (Å²) in [6, 6.07) is 15.0. The number of rotatable bonds is 9. The van der Waals surface area contributed by atoms with E-state index >= 15 is 0 Å². The van der Waals surface area contributed by atoms with Crippen molar-refractivity contribution >= 4 is 23.5 Å². The van der Waals surface area contributed by atoms with Crippen LogP contribution in [0.2, 0.25) is 0 Å². The Labute approximate surface area is 157 Å². The molecule has 0 spiro atoms. The van der Waals surface area contributed by atoms with E-state index < -0.39 is 17.9 Å². The zero-order valence-corrected chi connectivity index (χ0v) is 15.0. The second kappa shape index (κ2) is 10.1. The molecule has 0 saturated heterocycles. The van der Waals surface area contributed by atoms with E-state index in [1.54, 1.807) is 12.1 Å². The van der Waals surface area contributed by atoms with Gasteiger partial charge in [-0.15, -0.1) is 0 Å². The monoisotopic (exact) mass is 370 g/mol. The van der Waals surface area contributed by atoms with Crippen molar-refractivity contribution in [1.29, 1.82) is 0 Å². The van der Waals surface area contributed by atoms with E-state index in [4.69, 9.17) is 9.84 Å². The van der Waals surface area contributed by atoms with E-state index in [-0.39, 0.29) is 12.5 Å². The molecule has 2 amide bonds. The second-order valence-electron chi connectivity index (χ2n) is 5.95. The summed E-state index contributed by atoms with van der Waals surface area (Å²) in [6.07, 6.45) is 0.729. The molecular formula is C20H22N2O5. The molecule has 27 heavy (non-hydrogen) atoms. The van der Waals surface area contributed by atoms with Gasteiger partial charge in [-0.3, -0.25) is 14.4 Å². The molecule has 0 aliphatic carbocycles. The number of ether oxygens (including phenoxy) is 1. The largest absolute Gasteiger partial charge is 0.480 e. The van der Waals surface area contributed by atoms with Crippen LogP contribution < -0.4 is 10.6 Å². The first-order chi connectivity index (χ1) is 13.0. The zero-order chi connectivity index (χ0) is 19.6. The fourth-order valence-corrected chi connectivity index (χ4v) is 2.24. The summed E-state index contributed by atoms with van der Waals surface area (Å²) < 4.78 is 5.37. The first kappa shape index (κ1) is 20.1. The number of amides is 2. The summed E-state index contributed by atoms with van der Waals surface area (Å²) >= 11 is 0. The van der Waals surface area contributed by atoms with Gasteiger partial charge in [0, 0.05) is 11.3 Å². The summed E-state index contributed by atoms with van der Waals surface area (Å²) in [7, 11) is 0. The Bertz CT molecular complexity index is 775. The van der Waals surface area contributed by atoms with Crippen LogP contribution >= 0.6 is 0 Å². The van der Waals surface area contributed by atoms with Crippen molar-refractivity contribution in [2.75, 3.05) is 18.5 Å². The lowest BCUT2D eigenvalue weighted by Gasteiger charge is -2.10. The van der Waals surface area contributed by atoms with Gasteiger partial charge in [0.25, 0.3) is 5.91 Å². The Morgan fingerprint density at radius 2 is 1.70 bits per heavy atom. The third kappa shape index (κ3) is 6.91. The molecule has 0 fully saturated rings. The maximum absolute atomic E-state index is 11.9. The Morgan fingerprint density at radius 3 is 2.33 bits per heavy atom. The summed E-state index contributed by atoms with van der Waals surface area (Å²) in [5.41, 5.74) is 1.97. The van der Waals surface area contributed by atoms with Crippen LogP contribution in [-0.4, -0.2) is 42.1 Å². The first-order valence-electron chi connectivity index (χ1n) is 8.51. The normalized spacial score (nSPS) is 11.4. The smallest absolute Gasteiger partial charge is 0.325 e. The van der Waals surface area contributed by atoms with Gasteiger partial charge < -0.3 is 20.5 Å². The molecule has 0 bridgehead atoms. The number of carbonyl (C=O) groups is 3. The number of nitrogens with one attached hydrogen (secondary N) is 2. The van der Waals surface area contributed by atoms with Crippen molar-refractivity contribution in [2.24, 2.45) is 0 Å². The molecule has 0 radical (unpaired) electrons. The molecule has 0 aliphatic rings. The molecule has 3 N–H and O–H groups in total. The van der Waals surface area contributed by atoms with Gasteiger partial charge in [0.15, 0.2) is 0 Å². The number of carboxylic acid groups (broad SMARTS) is 1. The molecule has 1 unspecified atom stereocenters. The Kier molecular flexibility index (Phi) is 7.51. The highest BCUT2D eigenvalue weighted by Crippen LogP contribution is 2.10. The lowest BCUT2D eigenvalue weighted by atomic mass is 10.2. The van der Waals surface area contributed by atoms with Crippen LogP contribution in [0.25, 0.3) is 0 Å². The predicted octanol–water partition coefficient (Wildman–Crippen LogP) is 2.09. The van der Waals surface area contributed by atoms with Crippen LogP contribution in [0.1, 0.15) is 22.8 Å². The molecule has 2 aromatic rings. The second-order valence-corrected chi connectivity index (χ2v) is 5.95. The van der Waals surface area contributed by atoms with E-state index in [9.17, 15) is 14.4 Å². The SMILES string of the molecule is CC(NC(=O)c1ccc(NC(=O)COCCc2ccccc2)cc1)C(=O)O. The van der Waals surface area contributed by atoms with E-state index in [0.717, 1.165) is 12.0 Å². The van der Waals surface area contributed by atoms with Gasteiger partial charge in [0.2, 0.25) is 5.91 Å². The summed E-state index contributed by atoms with van der Waals surface area (Å²) in [6.45, 7) is 1.76. The molecule has 142 valence electrons. The minimum atomic E-state index is -1.11. The van der Waals surface area contributed by atoms with E-state index in [0.29, 0.717) is 17.9 Å². The van der Waals surface area contributed by atoms with Crippen molar-refractivity contribution in [3.63, 3.8) is 0 Å². The van der Waals surface area contributed by atoms with Crippen LogP contribution in [0, 0.1) is 0 Å². The quantitative estimate of drug-likeness (QED) is 0.586. The lowest BCUT2D eigenvalue weighted by molar-refractivity contribution is -0.138. The highest BCUT2D eigenvalue weighted by Gasteiger charge is 2.15. The first-order valence-corrected chi connectivity index (χ1v) is 8.51. The number of carbonyl (C=O) groups excluding carboxylic acids is 2.